The molecule has 2 saturated heterocycles. The van der Waals surface area contributed by atoms with Gasteiger partial charge in [0.1, 0.15) is 11.4 Å². The van der Waals surface area contributed by atoms with Gasteiger partial charge in [-0.1, -0.05) is 0 Å². The number of aromatic nitrogens is 4. The van der Waals surface area contributed by atoms with E-state index in [0.29, 0.717) is 37.8 Å². The standard InChI is InChI=1S/C24H35F3N8O2/c1-16(2)33-11-6-18(7-12-33)35-15-20(17(3)32-35)30-22-29-14-19(24(25,26)27)21(31-22)28-8-4-9-34-10-5-13-37-23(34)36/h14-16,18H,4-13H2,1-3H3,(H2,28,29,30,31). The van der Waals surface area contributed by atoms with Gasteiger partial charge in [-0.2, -0.15) is 23.3 Å². The zero-order chi connectivity index (χ0) is 26.6. The average Bonchev–Trinajstić information content (AvgIpc) is 3.22. The van der Waals surface area contributed by atoms with Crippen LogP contribution in [0.25, 0.3) is 0 Å². The van der Waals surface area contributed by atoms with Gasteiger partial charge in [-0.25, -0.2) is 9.78 Å². The van der Waals surface area contributed by atoms with E-state index >= 15 is 0 Å². The summed E-state index contributed by atoms with van der Waals surface area (Å²) in [7, 11) is 0. The molecule has 0 saturated carbocycles. The van der Waals surface area contributed by atoms with Crippen molar-refractivity contribution in [3.63, 3.8) is 0 Å². The highest BCUT2D eigenvalue weighted by Crippen LogP contribution is 2.34. The Balaban J connectivity index is 1.41. The molecule has 2 N–H and O–H groups in total. The number of halogens is 3. The number of nitrogens with zero attached hydrogens (tertiary/aromatic N) is 6. The summed E-state index contributed by atoms with van der Waals surface area (Å²) in [6.07, 6.45) is 0.808. The van der Waals surface area contributed by atoms with Gasteiger partial charge >= 0.3 is 12.3 Å². The first-order valence-corrected chi connectivity index (χ1v) is 12.8. The minimum atomic E-state index is -4.61. The van der Waals surface area contributed by atoms with Gasteiger partial charge in [0.15, 0.2) is 0 Å². The molecule has 2 aliphatic rings. The lowest BCUT2D eigenvalue weighted by molar-refractivity contribution is -0.137. The molecule has 2 aromatic heterocycles. The fourth-order valence-electron chi connectivity index (χ4n) is 4.64. The molecule has 4 rings (SSSR count). The highest BCUT2D eigenvalue weighted by molar-refractivity contribution is 5.68. The van der Waals surface area contributed by atoms with Gasteiger partial charge in [0.25, 0.3) is 0 Å². The molecule has 13 heteroatoms. The number of carbonyl (C=O) groups is 1. The van der Waals surface area contributed by atoms with E-state index < -0.39 is 17.8 Å². The van der Waals surface area contributed by atoms with Crippen LogP contribution in [0.15, 0.2) is 12.4 Å². The van der Waals surface area contributed by atoms with Gasteiger partial charge < -0.3 is 25.2 Å². The third-order valence-corrected chi connectivity index (χ3v) is 6.81. The van der Waals surface area contributed by atoms with Crippen molar-refractivity contribution in [2.45, 2.75) is 64.7 Å². The van der Waals surface area contributed by atoms with Crippen molar-refractivity contribution in [1.82, 2.24) is 29.5 Å². The predicted molar refractivity (Wildman–Crippen MR) is 133 cm³/mol. The lowest BCUT2D eigenvalue weighted by Crippen LogP contribution is -2.39. The second kappa shape index (κ2) is 11.5. The molecule has 2 aliphatic heterocycles. The summed E-state index contributed by atoms with van der Waals surface area (Å²) < 4.78 is 47.7. The van der Waals surface area contributed by atoms with Gasteiger partial charge in [0.2, 0.25) is 5.95 Å². The van der Waals surface area contributed by atoms with Gasteiger partial charge in [0, 0.05) is 51.2 Å². The molecule has 204 valence electrons. The molecular weight excluding hydrogens is 489 g/mol. The van der Waals surface area contributed by atoms with E-state index in [9.17, 15) is 18.0 Å². The SMILES string of the molecule is Cc1nn(C2CCN(C(C)C)CC2)cc1Nc1ncc(C(F)(F)F)c(NCCCN2CCCOC2=O)n1. The first kappa shape index (κ1) is 27.0. The summed E-state index contributed by atoms with van der Waals surface area (Å²) >= 11 is 0. The maximum Gasteiger partial charge on any atom is 0.421 e. The maximum atomic E-state index is 13.6. The third kappa shape index (κ3) is 6.82. The summed E-state index contributed by atoms with van der Waals surface area (Å²) in [5.74, 6) is -0.260. The molecule has 0 radical (unpaired) electrons. The first-order valence-electron chi connectivity index (χ1n) is 12.8. The molecule has 2 aromatic rings. The van der Waals surface area contributed by atoms with Gasteiger partial charge in [-0.15, -0.1) is 0 Å². The molecule has 0 unspecified atom stereocenters. The van der Waals surface area contributed by atoms with Crippen LogP contribution in [0, 0.1) is 6.92 Å². The molecule has 37 heavy (non-hydrogen) atoms. The Morgan fingerprint density at radius 3 is 2.65 bits per heavy atom. The number of hydrogen-bond acceptors (Lipinski definition) is 8. The van der Waals surface area contributed by atoms with Crippen molar-refractivity contribution in [3.05, 3.63) is 23.7 Å². The van der Waals surface area contributed by atoms with Gasteiger partial charge in [-0.3, -0.25) is 4.68 Å². The van der Waals surface area contributed by atoms with Crippen LogP contribution in [0.5, 0.6) is 0 Å². The van der Waals surface area contributed by atoms with Crippen molar-refractivity contribution in [2.24, 2.45) is 0 Å². The van der Waals surface area contributed by atoms with Crippen LogP contribution >= 0.6 is 0 Å². The first-order chi connectivity index (χ1) is 17.6. The number of nitrogens with one attached hydrogen (secondary N) is 2. The lowest BCUT2D eigenvalue weighted by atomic mass is 10.0. The molecule has 0 aliphatic carbocycles. The van der Waals surface area contributed by atoms with Crippen LogP contribution in [-0.2, 0) is 10.9 Å². The fourth-order valence-corrected chi connectivity index (χ4v) is 4.64. The van der Waals surface area contributed by atoms with E-state index in [1.165, 1.54) is 0 Å². The monoisotopic (exact) mass is 524 g/mol. The summed E-state index contributed by atoms with van der Waals surface area (Å²) in [6, 6.07) is 0.783. The van der Waals surface area contributed by atoms with Gasteiger partial charge in [0.05, 0.1) is 24.0 Å². The molecule has 4 heterocycles. The van der Waals surface area contributed by atoms with E-state index in [1.807, 2.05) is 17.8 Å². The van der Waals surface area contributed by atoms with Crippen molar-refractivity contribution < 1.29 is 22.7 Å². The zero-order valence-electron chi connectivity index (χ0n) is 21.5. The van der Waals surface area contributed by atoms with Gasteiger partial charge in [-0.05, 0) is 46.5 Å². The average molecular weight is 525 g/mol. The topological polar surface area (TPSA) is 100 Å². The molecule has 0 atom stereocenters. The maximum absolute atomic E-state index is 13.6. The largest absolute Gasteiger partial charge is 0.449 e. The summed E-state index contributed by atoms with van der Waals surface area (Å²) in [5, 5.41) is 10.4. The Labute approximate surface area is 214 Å². The summed E-state index contributed by atoms with van der Waals surface area (Å²) in [6.45, 7) is 9.80. The van der Waals surface area contributed by atoms with Crippen LogP contribution < -0.4 is 10.6 Å². The van der Waals surface area contributed by atoms with E-state index in [4.69, 9.17) is 4.74 Å². The van der Waals surface area contributed by atoms with E-state index in [2.05, 4.69) is 44.4 Å². The number of likely N-dealkylation sites (tertiary alicyclic amines) is 1. The molecule has 10 nitrogen and oxygen atoms in total. The van der Waals surface area contributed by atoms with Crippen LogP contribution in [0.1, 0.15) is 56.8 Å². The summed E-state index contributed by atoms with van der Waals surface area (Å²) in [4.78, 5) is 23.8. The number of carbonyl (C=O) groups excluding carboxylic acids is 1. The fraction of sp³-hybridized carbons (Fsp3) is 0.667. The van der Waals surface area contributed by atoms with Crippen molar-refractivity contribution >= 4 is 23.5 Å². The number of anilines is 3. The lowest BCUT2D eigenvalue weighted by Gasteiger charge is -2.34. The van der Waals surface area contributed by atoms with E-state index in [1.54, 1.807) is 4.90 Å². The number of rotatable bonds is 9. The number of ether oxygens (including phenoxy) is 1. The molecule has 2 fully saturated rings. The Bertz CT molecular complexity index is 1070. The zero-order valence-corrected chi connectivity index (χ0v) is 21.5. The van der Waals surface area contributed by atoms with Crippen LogP contribution in [0.3, 0.4) is 0 Å². The highest BCUT2D eigenvalue weighted by Gasteiger charge is 2.35. The number of alkyl halides is 3. The number of piperidine rings is 1. The second-order valence-corrected chi connectivity index (χ2v) is 9.78. The molecule has 0 bridgehead atoms. The Morgan fingerprint density at radius 2 is 1.97 bits per heavy atom. The summed E-state index contributed by atoms with van der Waals surface area (Å²) in [5.41, 5.74) is 0.429. The van der Waals surface area contributed by atoms with Crippen molar-refractivity contribution in [3.8, 4) is 0 Å². The minimum Gasteiger partial charge on any atom is -0.449 e. The number of cyclic esters (lactones) is 1. The number of hydrogen-bond donors (Lipinski definition) is 2. The Morgan fingerprint density at radius 1 is 1.22 bits per heavy atom. The smallest absolute Gasteiger partial charge is 0.421 e. The molecule has 1 amide bonds. The highest BCUT2D eigenvalue weighted by atomic mass is 19.4. The van der Waals surface area contributed by atoms with Crippen molar-refractivity contribution in [2.75, 3.05) is 50.0 Å². The van der Waals surface area contributed by atoms with Crippen LogP contribution in [0.2, 0.25) is 0 Å². The Hall–Kier alpha value is -3.09. The second-order valence-electron chi connectivity index (χ2n) is 9.78. The predicted octanol–water partition coefficient (Wildman–Crippen LogP) is 4.43. The quantitative estimate of drug-likeness (QED) is 0.465. The van der Waals surface area contributed by atoms with E-state index in [0.717, 1.165) is 44.2 Å². The molecule has 0 spiro atoms. The van der Waals surface area contributed by atoms with E-state index in [-0.39, 0.29) is 24.4 Å². The molecule has 0 aromatic carbocycles. The van der Waals surface area contributed by atoms with Crippen molar-refractivity contribution in [1.29, 1.82) is 0 Å². The number of amides is 1. The molecular formula is C24H35F3N8O2. The van der Waals surface area contributed by atoms with Crippen LogP contribution in [0.4, 0.5) is 35.4 Å². The minimum absolute atomic E-state index is 0.0485. The number of aryl methyl sites for hydroxylation is 1. The third-order valence-electron chi connectivity index (χ3n) is 6.81. The normalized spacial score (nSPS) is 17.8. The Kier molecular flexibility index (Phi) is 8.40. The van der Waals surface area contributed by atoms with Crippen LogP contribution in [-0.4, -0.2) is 81.0 Å².